The molecule has 2 nitrogen and oxygen atoms in total. The average molecular weight is 246 g/mol. The highest BCUT2D eigenvalue weighted by molar-refractivity contribution is 9.10. The zero-order valence-corrected chi connectivity index (χ0v) is 8.93. The molecule has 0 aromatic heterocycles. The highest BCUT2D eigenvalue weighted by Crippen LogP contribution is 2.25. The normalized spacial score (nSPS) is 9.85. The van der Waals surface area contributed by atoms with E-state index in [2.05, 4.69) is 15.9 Å². The molecule has 0 aliphatic rings. The first kappa shape index (κ1) is 10.2. The zero-order chi connectivity index (χ0) is 10.0. The Labute approximate surface area is 84.5 Å². The minimum absolute atomic E-state index is 0.0909. The number of benzene rings is 1. The lowest BCUT2D eigenvalue weighted by Gasteiger charge is -2.15. The van der Waals surface area contributed by atoms with Gasteiger partial charge in [0.25, 0.3) is 0 Å². The number of anilines is 1. The first-order valence-electron chi connectivity index (χ1n) is 3.68. The third-order valence-corrected chi connectivity index (χ3v) is 2.13. The topological polar surface area (TPSA) is 20.3 Å². The van der Waals surface area contributed by atoms with Crippen molar-refractivity contribution in [3.05, 3.63) is 28.0 Å². The molecule has 0 aliphatic heterocycles. The first-order valence-corrected chi connectivity index (χ1v) is 4.47. The third kappa shape index (κ3) is 2.06. The van der Waals surface area contributed by atoms with E-state index in [1.54, 1.807) is 25.1 Å². The summed E-state index contributed by atoms with van der Waals surface area (Å²) in [5, 5.41) is 0. The van der Waals surface area contributed by atoms with Crippen molar-refractivity contribution in [1.29, 1.82) is 0 Å². The van der Waals surface area contributed by atoms with E-state index in [0.29, 0.717) is 16.4 Å². The molecule has 13 heavy (non-hydrogen) atoms. The summed E-state index contributed by atoms with van der Waals surface area (Å²) in [6, 6.07) is 2.98. The Hall–Kier alpha value is -0.900. The zero-order valence-electron chi connectivity index (χ0n) is 7.34. The molecule has 1 aromatic carbocycles. The van der Waals surface area contributed by atoms with Crippen LogP contribution in [0.3, 0.4) is 0 Å². The number of halogens is 2. The quantitative estimate of drug-likeness (QED) is 0.747. The van der Waals surface area contributed by atoms with Crippen molar-refractivity contribution in [3.8, 4) is 0 Å². The highest BCUT2D eigenvalue weighted by atomic mass is 79.9. The van der Waals surface area contributed by atoms with Crippen molar-refractivity contribution in [1.82, 2.24) is 0 Å². The summed E-state index contributed by atoms with van der Waals surface area (Å²) in [6.45, 7) is 0. The van der Waals surface area contributed by atoms with E-state index in [0.717, 1.165) is 0 Å². The predicted octanol–water partition coefficient (Wildman–Crippen LogP) is 2.47. The summed E-state index contributed by atoms with van der Waals surface area (Å²) in [4.78, 5) is 12.3. The Bertz CT molecular complexity index is 339. The van der Waals surface area contributed by atoms with Gasteiger partial charge in [0.1, 0.15) is 5.82 Å². The molecule has 0 amide bonds. The monoisotopic (exact) mass is 245 g/mol. The molecule has 1 aromatic rings. The minimum atomic E-state index is -0.506. The van der Waals surface area contributed by atoms with Crippen LogP contribution in [0.4, 0.5) is 10.1 Å². The van der Waals surface area contributed by atoms with Gasteiger partial charge in [-0.2, -0.15) is 0 Å². The second-order valence-electron chi connectivity index (χ2n) is 2.83. The van der Waals surface area contributed by atoms with Crippen LogP contribution in [0.25, 0.3) is 0 Å². The van der Waals surface area contributed by atoms with Crippen LogP contribution in [0.2, 0.25) is 0 Å². The van der Waals surface area contributed by atoms with E-state index >= 15 is 0 Å². The van der Waals surface area contributed by atoms with Crippen LogP contribution < -0.4 is 4.90 Å². The molecule has 0 atom stereocenters. The van der Waals surface area contributed by atoms with Gasteiger partial charge in [0.05, 0.1) is 11.3 Å². The number of hydrogen-bond acceptors (Lipinski definition) is 2. The van der Waals surface area contributed by atoms with E-state index in [9.17, 15) is 9.18 Å². The Morgan fingerprint density at radius 3 is 2.54 bits per heavy atom. The van der Waals surface area contributed by atoms with E-state index < -0.39 is 5.82 Å². The molecule has 0 saturated carbocycles. The lowest BCUT2D eigenvalue weighted by Crippen LogP contribution is -2.12. The summed E-state index contributed by atoms with van der Waals surface area (Å²) in [7, 11) is 3.52. The van der Waals surface area contributed by atoms with Crippen LogP contribution in [-0.4, -0.2) is 20.4 Å². The van der Waals surface area contributed by atoms with Gasteiger partial charge in [0, 0.05) is 18.6 Å². The maximum absolute atomic E-state index is 13.2. The molecule has 0 fully saturated rings. The fourth-order valence-corrected chi connectivity index (χ4v) is 1.48. The molecular formula is C9H9BrFNO. The first-order chi connectivity index (χ1) is 6.06. The number of carbonyl (C=O) groups excluding carboxylic acids is 1. The van der Waals surface area contributed by atoms with E-state index in [1.165, 1.54) is 6.07 Å². The summed E-state index contributed by atoms with van der Waals surface area (Å²) < 4.78 is 13.8. The maximum atomic E-state index is 13.2. The van der Waals surface area contributed by atoms with Gasteiger partial charge in [-0.3, -0.25) is 4.79 Å². The van der Waals surface area contributed by atoms with Crippen molar-refractivity contribution in [2.75, 3.05) is 19.0 Å². The smallest absolute Gasteiger partial charge is 0.155 e. The Kier molecular flexibility index (Phi) is 3.03. The molecule has 1 rings (SSSR count). The molecule has 0 heterocycles. The minimum Gasteiger partial charge on any atom is -0.377 e. The van der Waals surface area contributed by atoms with Crippen molar-refractivity contribution in [2.45, 2.75) is 0 Å². The molecule has 0 saturated heterocycles. The molecule has 70 valence electrons. The molecule has 4 heteroatoms. The largest absolute Gasteiger partial charge is 0.377 e. The van der Waals surface area contributed by atoms with Gasteiger partial charge in [0.15, 0.2) is 6.29 Å². The molecule has 0 N–H and O–H groups in total. The van der Waals surface area contributed by atoms with E-state index in [4.69, 9.17) is 0 Å². The van der Waals surface area contributed by atoms with Crippen LogP contribution in [0.5, 0.6) is 0 Å². The van der Waals surface area contributed by atoms with Gasteiger partial charge in [-0.25, -0.2) is 4.39 Å². The average Bonchev–Trinajstić information content (AvgIpc) is 2.02. The number of aldehydes is 1. The molecular weight excluding hydrogens is 237 g/mol. The molecule has 0 spiro atoms. The van der Waals surface area contributed by atoms with Crippen LogP contribution in [-0.2, 0) is 0 Å². The molecule has 0 radical (unpaired) electrons. The number of nitrogens with zero attached hydrogens (tertiary/aromatic N) is 1. The number of carbonyl (C=O) groups is 1. The maximum Gasteiger partial charge on any atom is 0.155 e. The summed E-state index contributed by atoms with van der Waals surface area (Å²) in [5.74, 6) is -0.506. The Morgan fingerprint density at radius 1 is 1.46 bits per heavy atom. The van der Waals surface area contributed by atoms with Crippen LogP contribution >= 0.6 is 15.9 Å². The Morgan fingerprint density at radius 2 is 2.08 bits per heavy atom. The molecule has 0 aliphatic carbocycles. The van der Waals surface area contributed by atoms with Crippen molar-refractivity contribution < 1.29 is 9.18 Å². The van der Waals surface area contributed by atoms with E-state index in [1.807, 2.05) is 0 Å². The van der Waals surface area contributed by atoms with E-state index in [-0.39, 0.29) is 5.56 Å². The van der Waals surface area contributed by atoms with Gasteiger partial charge >= 0.3 is 0 Å². The van der Waals surface area contributed by atoms with Crippen molar-refractivity contribution in [2.24, 2.45) is 0 Å². The predicted molar refractivity (Wildman–Crippen MR) is 53.8 cm³/mol. The molecule has 0 bridgehead atoms. The van der Waals surface area contributed by atoms with Crippen molar-refractivity contribution in [3.63, 3.8) is 0 Å². The van der Waals surface area contributed by atoms with Gasteiger partial charge in [-0.15, -0.1) is 0 Å². The fourth-order valence-electron chi connectivity index (χ4n) is 1.06. The third-order valence-electron chi connectivity index (χ3n) is 1.67. The van der Waals surface area contributed by atoms with Crippen molar-refractivity contribution >= 4 is 27.9 Å². The van der Waals surface area contributed by atoms with Crippen LogP contribution in [0.1, 0.15) is 10.4 Å². The fraction of sp³-hybridized carbons (Fsp3) is 0.222. The highest BCUT2D eigenvalue weighted by Gasteiger charge is 2.10. The van der Waals surface area contributed by atoms with Gasteiger partial charge in [-0.1, -0.05) is 15.9 Å². The second-order valence-corrected chi connectivity index (χ2v) is 3.75. The summed E-state index contributed by atoms with van der Waals surface area (Å²) in [6.07, 6.45) is 0.525. The SMILES string of the molecule is CN(C)c1cc(Br)cc(F)c1C=O. The number of rotatable bonds is 2. The molecule has 0 unspecified atom stereocenters. The van der Waals surface area contributed by atoms with Crippen LogP contribution in [0.15, 0.2) is 16.6 Å². The standard InChI is InChI=1S/C9H9BrFNO/c1-12(2)9-4-6(10)3-8(11)7(9)5-13/h3-5H,1-2H3. The number of hydrogen-bond donors (Lipinski definition) is 0. The van der Waals surface area contributed by atoms with Gasteiger partial charge in [0.2, 0.25) is 0 Å². The second kappa shape index (κ2) is 3.87. The lowest BCUT2D eigenvalue weighted by molar-refractivity contribution is 0.112. The van der Waals surface area contributed by atoms with Gasteiger partial charge < -0.3 is 4.90 Å². The lowest BCUT2D eigenvalue weighted by atomic mass is 10.2. The summed E-state index contributed by atoms with van der Waals surface area (Å²) >= 11 is 3.16. The van der Waals surface area contributed by atoms with Gasteiger partial charge in [-0.05, 0) is 12.1 Å². The van der Waals surface area contributed by atoms with Crippen LogP contribution in [0, 0.1) is 5.82 Å². The Balaban J connectivity index is 3.38. The summed E-state index contributed by atoms with van der Waals surface area (Å²) in [5.41, 5.74) is 0.662.